The second kappa shape index (κ2) is 9.15. The molecule has 0 saturated carbocycles. The van der Waals surface area contributed by atoms with Crippen LogP contribution in [0.5, 0.6) is 11.5 Å². The summed E-state index contributed by atoms with van der Waals surface area (Å²) >= 11 is 1.07. The number of imide groups is 1. The molecule has 0 spiro atoms. The van der Waals surface area contributed by atoms with Gasteiger partial charge in [-0.05, 0) is 42.8 Å². The van der Waals surface area contributed by atoms with Crippen LogP contribution in [-0.2, 0) is 9.59 Å². The van der Waals surface area contributed by atoms with Gasteiger partial charge in [0.25, 0.3) is 5.91 Å². The molecule has 0 fully saturated rings. The Hall–Kier alpha value is -3.79. The number of rotatable bonds is 4. The van der Waals surface area contributed by atoms with Crippen molar-refractivity contribution >= 4 is 46.5 Å². The molecule has 0 aliphatic carbocycles. The Bertz CT molecular complexity index is 1140. The quantitative estimate of drug-likeness (QED) is 0.691. The van der Waals surface area contributed by atoms with Gasteiger partial charge >= 0.3 is 6.03 Å². The number of aryl methyl sites for hydroxylation is 1. The first-order valence-corrected chi connectivity index (χ1v) is 10.7. The SMILES string of the molecule is CNC(=O)NC(=O)CSC1=N/C(=C\c2ccc3c(c2)OCO3)C(=O)N1c1ccc(C)cc1. The highest BCUT2D eigenvalue weighted by Gasteiger charge is 2.32. The molecular formula is C22H20N4O5S. The topological polar surface area (TPSA) is 109 Å². The molecule has 4 rings (SSSR count). The Labute approximate surface area is 188 Å². The van der Waals surface area contributed by atoms with Crippen molar-refractivity contribution in [2.24, 2.45) is 4.99 Å². The molecule has 164 valence electrons. The summed E-state index contributed by atoms with van der Waals surface area (Å²) in [6, 6.07) is 12.2. The van der Waals surface area contributed by atoms with Gasteiger partial charge in [0.2, 0.25) is 12.7 Å². The number of hydrogen-bond donors (Lipinski definition) is 2. The lowest BCUT2D eigenvalue weighted by Crippen LogP contribution is -2.39. The lowest BCUT2D eigenvalue weighted by atomic mass is 10.1. The van der Waals surface area contributed by atoms with Crippen LogP contribution in [0.4, 0.5) is 10.5 Å². The first-order valence-electron chi connectivity index (χ1n) is 9.70. The largest absolute Gasteiger partial charge is 0.454 e. The maximum absolute atomic E-state index is 13.2. The van der Waals surface area contributed by atoms with Gasteiger partial charge < -0.3 is 14.8 Å². The second-order valence-electron chi connectivity index (χ2n) is 6.93. The van der Waals surface area contributed by atoms with Crippen LogP contribution in [0, 0.1) is 6.92 Å². The number of hydrogen-bond acceptors (Lipinski definition) is 7. The van der Waals surface area contributed by atoms with E-state index in [1.54, 1.807) is 18.2 Å². The number of amidine groups is 1. The first-order chi connectivity index (χ1) is 15.4. The lowest BCUT2D eigenvalue weighted by Gasteiger charge is -2.17. The molecule has 0 saturated heterocycles. The molecule has 2 aliphatic heterocycles. The highest BCUT2D eigenvalue weighted by Crippen LogP contribution is 2.34. The van der Waals surface area contributed by atoms with Crippen molar-refractivity contribution in [3.8, 4) is 11.5 Å². The molecule has 2 aromatic carbocycles. The summed E-state index contributed by atoms with van der Waals surface area (Å²) < 4.78 is 10.7. The predicted molar refractivity (Wildman–Crippen MR) is 122 cm³/mol. The fourth-order valence-corrected chi connectivity index (χ4v) is 3.84. The van der Waals surface area contributed by atoms with Crippen LogP contribution >= 0.6 is 11.8 Å². The summed E-state index contributed by atoms with van der Waals surface area (Å²) in [7, 11) is 1.42. The van der Waals surface area contributed by atoms with Crippen molar-refractivity contribution < 1.29 is 23.9 Å². The molecule has 0 radical (unpaired) electrons. The molecule has 9 nitrogen and oxygen atoms in total. The number of amides is 4. The minimum atomic E-state index is -0.598. The summed E-state index contributed by atoms with van der Waals surface area (Å²) in [5, 5.41) is 4.86. The number of nitrogens with one attached hydrogen (secondary N) is 2. The Balaban J connectivity index is 1.61. The van der Waals surface area contributed by atoms with Crippen molar-refractivity contribution in [1.82, 2.24) is 10.6 Å². The standard InChI is InChI=1S/C22H20N4O5S/c1-13-3-6-15(7-4-13)26-20(28)16(9-14-5-8-17-18(10-14)31-12-30-17)24-22(26)32-11-19(27)25-21(29)23-2/h3-10H,11-12H2,1-2H3,(H2,23,25,27,29)/b16-9-. The van der Waals surface area contributed by atoms with Crippen molar-refractivity contribution in [2.75, 3.05) is 24.5 Å². The van der Waals surface area contributed by atoms with E-state index < -0.39 is 11.9 Å². The van der Waals surface area contributed by atoms with Crippen LogP contribution < -0.4 is 25.0 Å². The molecule has 0 unspecified atom stereocenters. The van der Waals surface area contributed by atoms with Crippen molar-refractivity contribution in [3.05, 3.63) is 59.3 Å². The molecular weight excluding hydrogens is 432 g/mol. The van der Waals surface area contributed by atoms with Gasteiger partial charge in [0.15, 0.2) is 16.7 Å². The highest BCUT2D eigenvalue weighted by molar-refractivity contribution is 8.14. The van der Waals surface area contributed by atoms with E-state index in [0.717, 1.165) is 22.9 Å². The number of carbonyl (C=O) groups is 3. The minimum Gasteiger partial charge on any atom is -0.454 e. The van der Waals surface area contributed by atoms with E-state index in [-0.39, 0.29) is 24.2 Å². The Morgan fingerprint density at radius 1 is 1.16 bits per heavy atom. The summed E-state index contributed by atoms with van der Waals surface area (Å²) in [6.45, 7) is 2.11. The number of anilines is 1. The van der Waals surface area contributed by atoms with Crippen LogP contribution in [-0.4, -0.2) is 42.6 Å². The highest BCUT2D eigenvalue weighted by atomic mass is 32.2. The second-order valence-corrected chi connectivity index (χ2v) is 7.87. The van der Waals surface area contributed by atoms with Gasteiger partial charge in [-0.25, -0.2) is 9.79 Å². The Kier molecular flexibility index (Phi) is 6.13. The van der Waals surface area contributed by atoms with Crippen LogP contribution in [0.15, 0.2) is 53.2 Å². The molecule has 2 aliphatic rings. The number of nitrogens with zero attached hydrogens (tertiary/aromatic N) is 2. The van der Waals surface area contributed by atoms with E-state index in [2.05, 4.69) is 15.6 Å². The van der Waals surface area contributed by atoms with Gasteiger partial charge in [0.1, 0.15) is 5.70 Å². The van der Waals surface area contributed by atoms with E-state index in [4.69, 9.17) is 9.47 Å². The van der Waals surface area contributed by atoms with Crippen molar-refractivity contribution in [1.29, 1.82) is 0 Å². The summed E-state index contributed by atoms with van der Waals surface area (Å²) in [5.41, 5.74) is 2.63. The zero-order valence-electron chi connectivity index (χ0n) is 17.4. The number of carbonyl (C=O) groups excluding carboxylic acids is 3. The molecule has 0 bridgehead atoms. The molecule has 0 aromatic heterocycles. The third kappa shape index (κ3) is 4.59. The van der Waals surface area contributed by atoms with Gasteiger partial charge in [0, 0.05) is 7.05 Å². The number of aliphatic imine (C=N–C) groups is 1. The fourth-order valence-electron chi connectivity index (χ4n) is 3.03. The van der Waals surface area contributed by atoms with Crippen molar-refractivity contribution in [3.63, 3.8) is 0 Å². The van der Waals surface area contributed by atoms with Crippen LogP contribution in [0.25, 0.3) is 6.08 Å². The monoisotopic (exact) mass is 452 g/mol. The van der Waals surface area contributed by atoms with Gasteiger partial charge in [-0.15, -0.1) is 0 Å². The van der Waals surface area contributed by atoms with Gasteiger partial charge in [-0.2, -0.15) is 0 Å². The van der Waals surface area contributed by atoms with E-state index in [0.29, 0.717) is 22.4 Å². The van der Waals surface area contributed by atoms with Crippen LogP contribution in [0.2, 0.25) is 0 Å². The van der Waals surface area contributed by atoms with Crippen LogP contribution in [0.3, 0.4) is 0 Å². The molecule has 2 N–H and O–H groups in total. The van der Waals surface area contributed by atoms with Gasteiger partial charge in [-0.1, -0.05) is 35.5 Å². The normalized spacial score (nSPS) is 15.7. The number of urea groups is 1. The Morgan fingerprint density at radius 2 is 1.91 bits per heavy atom. The molecule has 2 aromatic rings. The number of ether oxygens (including phenoxy) is 2. The summed E-state index contributed by atoms with van der Waals surface area (Å²) in [5.74, 6) is 0.346. The average molecular weight is 452 g/mol. The third-order valence-corrected chi connectivity index (χ3v) is 5.57. The zero-order chi connectivity index (χ0) is 22.7. The Morgan fingerprint density at radius 3 is 2.66 bits per heavy atom. The predicted octanol–water partition coefficient (Wildman–Crippen LogP) is 2.66. The maximum Gasteiger partial charge on any atom is 0.321 e. The third-order valence-electron chi connectivity index (χ3n) is 4.63. The smallest absolute Gasteiger partial charge is 0.321 e. The lowest BCUT2D eigenvalue weighted by molar-refractivity contribution is -0.117. The average Bonchev–Trinajstić information content (AvgIpc) is 3.37. The summed E-state index contributed by atoms with van der Waals surface area (Å²) in [4.78, 5) is 42.5. The van der Waals surface area contributed by atoms with Gasteiger partial charge in [0.05, 0.1) is 11.4 Å². The molecule has 2 heterocycles. The minimum absolute atomic E-state index is 0.0841. The maximum atomic E-state index is 13.2. The number of benzene rings is 2. The first kappa shape index (κ1) is 21.4. The van der Waals surface area contributed by atoms with E-state index in [1.165, 1.54) is 11.9 Å². The fraction of sp³-hybridized carbons (Fsp3) is 0.182. The molecule has 0 atom stereocenters. The number of thioether (sulfide) groups is 1. The zero-order valence-corrected chi connectivity index (χ0v) is 18.2. The number of fused-ring (bicyclic) bond motifs is 1. The van der Waals surface area contributed by atoms with E-state index in [9.17, 15) is 14.4 Å². The van der Waals surface area contributed by atoms with E-state index >= 15 is 0 Å². The van der Waals surface area contributed by atoms with E-state index in [1.807, 2.05) is 37.3 Å². The van der Waals surface area contributed by atoms with Crippen LogP contribution in [0.1, 0.15) is 11.1 Å². The molecule has 4 amide bonds. The molecule has 32 heavy (non-hydrogen) atoms. The van der Waals surface area contributed by atoms with Gasteiger partial charge in [-0.3, -0.25) is 19.8 Å². The van der Waals surface area contributed by atoms with Crippen molar-refractivity contribution in [2.45, 2.75) is 6.92 Å². The molecule has 10 heteroatoms. The summed E-state index contributed by atoms with van der Waals surface area (Å²) in [6.07, 6.45) is 1.66.